The number of carboxylic acid groups (broad SMARTS) is 2. The third-order valence-electron chi connectivity index (χ3n) is 6.42. The van der Waals surface area contributed by atoms with Gasteiger partial charge in [0.15, 0.2) is 4.80 Å². The number of methoxy groups -OCH3 is 1. The van der Waals surface area contributed by atoms with Crippen molar-refractivity contribution < 1.29 is 38.9 Å². The molecule has 3 heterocycles. The van der Waals surface area contributed by atoms with Crippen molar-refractivity contribution in [3.63, 3.8) is 0 Å². The Morgan fingerprint density at radius 1 is 1.09 bits per heavy atom. The number of carboxylic acids is 2. The summed E-state index contributed by atoms with van der Waals surface area (Å²) >= 11 is 1.01. The van der Waals surface area contributed by atoms with E-state index in [1.807, 2.05) is 0 Å². The van der Waals surface area contributed by atoms with Gasteiger partial charge in [-0.15, -0.1) is 0 Å². The van der Waals surface area contributed by atoms with Crippen molar-refractivity contribution in [1.82, 2.24) is 4.57 Å². The van der Waals surface area contributed by atoms with E-state index in [2.05, 4.69) is 11.6 Å². The highest BCUT2D eigenvalue weighted by Gasteiger charge is 2.38. The monoisotopic (exact) mass is 605 g/mol. The molecule has 1 atom stereocenters. The highest BCUT2D eigenvalue weighted by molar-refractivity contribution is 7.07. The average molecular weight is 606 g/mol. The van der Waals surface area contributed by atoms with Crippen LogP contribution in [0.3, 0.4) is 0 Å². The Hall–Kier alpha value is -5.30. The van der Waals surface area contributed by atoms with Crippen molar-refractivity contribution in [3.8, 4) is 5.75 Å². The molecule has 2 aliphatic rings. The molecule has 0 radical (unpaired) electrons. The van der Waals surface area contributed by atoms with Crippen LogP contribution < -0.4 is 24.5 Å². The summed E-state index contributed by atoms with van der Waals surface area (Å²) in [7, 11) is 1.53. The molecule has 0 saturated carbocycles. The molecule has 222 valence electrons. The van der Waals surface area contributed by atoms with Crippen LogP contribution in [0.15, 0.2) is 82.2 Å². The summed E-state index contributed by atoms with van der Waals surface area (Å²) in [5.74, 6) is -2.66. The number of hydrogen-bond donors (Lipinski definition) is 2. The summed E-state index contributed by atoms with van der Waals surface area (Å²) in [4.78, 5) is 67.2. The van der Waals surface area contributed by atoms with E-state index in [-0.39, 0.29) is 22.3 Å². The Balaban J connectivity index is 0.000000996. The molecule has 3 aromatic rings. The van der Waals surface area contributed by atoms with Crippen LogP contribution in [0.1, 0.15) is 31.0 Å². The second-order valence-electron chi connectivity index (χ2n) is 9.26. The van der Waals surface area contributed by atoms with Crippen molar-refractivity contribution in [2.45, 2.75) is 19.9 Å². The number of hydrogen-bond acceptors (Lipinski definition) is 9. The van der Waals surface area contributed by atoms with Gasteiger partial charge in [-0.2, -0.15) is 0 Å². The number of para-hydroxylation sites is 1. The average Bonchev–Trinajstić information content (AvgIpc) is 3.42. The topological polar surface area (TPSA) is 165 Å². The van der Waals surface area contributed by atoms with E-state index in [1.54, 1.807) is 55.5 Å². The van der Waals surface area contributed by atoms with E-state index in [0.717, 1.165) is 23.2 Å². The fraction of sp³-hybridized carbons (Fsp3) is 0.200. The summed E-state index contributed by atoms with van der Waals surface area (Å²) in [6.45, 7) is 5.75. The number of allylic oxidation sites excluding steroid dienone is 1. The molecule has 13 heteroatoms. The summed E-state index contributed by atoms with van der Waals surface area (Å²) in [6.07, 6.45) is 1.44. The van der Waals surface area contributed by atoms with Gasteiger partial charge < -0.3 is 19.7 Å². The third kappa shape index (κ3) is 6.02. The minimum Gasteiger partial charge on any atom is -0.497 e. The van der Waals surface area contributed by atoms with Gasteiger partial charge in [0.25, 0.3) is 17.4 Å². The van der Waals surface area contributed by atoms with Crippen molar-refractivity contribution >= 4 is 46.4 Å². The van der Waals surface area contributed by atoms with Gasteiger partial charge in [0, 0.05) is 12.5 Å². The zero-order valence-corrected chi connectivity index (χ0v) is 24.2. The molecule has 2 aliphatic heterocycles. The lowest BCUT2D eigenvalue weighted by atomic mass is 9.96. The van der Waals surface area contributed by atoms with E-state index in [1.165, 1.54) is 17.8 Å². The predicted molar refractivity (Wildman–Crippen MR) is 157 cm³/mol. The second kappa shape index (κ2) is 12.7. The van der Waals surface area contributed by atoms with Crippen LogP contribution in [0.2, 0.25) is 0 Å². The second-order valence-corrected chi connectivity index (χ2v) is 10.2. The van der Waals surface area contributed by atoms with Crippen LogP contribution in [0.5, 0.6) is 5.75 Å². The number of anilines is 1. The zero-order chi connectivity index (χ0) is 31.4. The first-order valence-corrected chi connectivity index (χ1v) is 13.6. The number of benzene rings is 2. The lowest BCUT2D eigenvalue weighted by Gasteiger charge is -2.24. The number of carbonyl (C=O) groups is 4. The Labute approximate surface area is 248 Å². The maximum atomic E-state index is 14.1. The van der Waals surface area contributed by atoms with E-state index in [0.29, 0.717) is 33.1 Å². The Kier molecular flexibility index (Phi) is 9.05. The highest BCUT2D eigenvalue weighted by atomic mass is 32.1. The summed E-state index contributed by atoms with van der Waals surface area (Å²) in [5, 5.41) is 16.8. The quantitative estimate of drug-likeness (QED) is 0.302. The van der Waals surface area contributed by atoms with E-state index < -0.39 is 42.0 Å². The van der Waals surface area contributed by atoms with Gasteiger partial charge >= 0.3 is 11.9 Å². The number of rotatable bonds is 7. The number of aliphatic carboxylic acids is 2. The van der Waals surface area contributed by atoms with Gasteiger partial charge in [-0.3, -0.25) is 28.6 Å². The summed E-state index contributed by atoms with van der Waals surface area (Å²) in [5.41, 5.74) is 1.58. The lowest BCUT2D eigenvalue weighted by Crippen LogP contribution is -2.41. The molecule has 1 amide bonds. The first kappa shape index (κ1) is 30.7. The van der Waals surface area contributed by atoms with E-state index in [9.17, 15) is 24.3 Å². The van der Waals surface area contributed by atoms with E-state index in [4.69, 9.17) is 19.4 Å². The van der Waals surface area contributed by atoms with Crippen LogP contribution in [-0.4, -0.2) is 58.9 Å². The molecule has 0 fully saturated rings. The summed E-state index contributed by atoms with van der Waals surface area (Å²) in [6, 6.07) is 12.8. The molecule has 5 rings (SSSR count). The number of amides is 1. The maximum absolute atomic E-state index is 14.1. The molecule has 1 unspecified atom stereocenters. The number of ether oxygens (including phenoxy) is 2. The lowest BCUT2D eigenvalue weighted by molar-refractivity contribution is -0.138. The first-order chi connectivity index (χ1) is 20.5. The molecule has 2 N–H and O–H groups in total. The SMILES string of the molecule is C=CCOC(=O)C1=C(C)N=c2sc(=C3C(=O)N(CC(=O)O)c4ccccc43)c(=O)n2C1c1ccc(OC)cc1.CC(=O)O. The van der Waals surface area contributed by atoms with Crippen LogP contribution in [0, 0.1) is 0 Å². The third-order valence-corrected chi connectivity index (χ3v) is 7.48. The van der Waals surface area contributed by atoms with Gasteiger partial charge in [-0.05, 0) is 30.7 Å². The molecule has 0 aliphatic carbocycles. The highest BCUT2D eigenvalue weighted by Crippen LogP contribution is 2.35. The number of esters is 1. The Morgan fingerprint density at radius 3 is 2.35 bits per heavy atom. The van der Waals surface area contributed by atoms with Crippen LogP contribution in [0.25, 0.3) is 5.57 Å². The Bertz CT molecular complexity index is 1850. The van der Waals surface area contributed by atoms with Crippen molar-refractivity contribution in [1.29, 1.82) is 0 Å². The fourth-order valence-electron chi connectivity index (χ4n) is 4.74. The minimum absolute atomic E-state index is 0.0236. The van der Waals surface area contributed by atoms with Crippen molar-refractivity contribution in [3.05, 3.63) is 103 Å². The van der Waals surface area contributed by atoms with Crippen molar-refractivity contribution in [2.24, 2.45) is 4.99 Å². The van der Waals surface area contributed by atoms with Crippen LogP contribution >= 0.6 is 11.3 Å². The van der Waals surface area contributed by atoms with Crippen molar-refractivity contribution in [2.75, 3.05) is 25.2 Å². The van der Waals surface area contributed by atoms with Gasteiger partial charge in [0.2, 0.25) is 0 Å². The van der Waals surface area contributed by atoms with Gasteiger partial charge in [-0.1, -0.05) is 54.3 Å². The molecular formula is C30H27N3O9S. The predicted octanol–water partition coefficient (Wildman–Crippen LogP) is 1.87. The molecule has 0 bridgehead atoms. The molecular weight excluding hydrogens is 578 g/mol. The molecule has 2 aromatic carbocycles. The minimum atomic E-state index is -1.18. The normalized spacial score (nSPS) is 16.3. The Morgan fingerprint density at radius 2 is 1.74 bits per heavy atom. The first-order valence-electron chi connectivity index (χ1n) is 12.8. The number of thiazole rings is 1. The summed E-state index contributed by atoms with van der Waals surface area (Å²) < 4.78 is 12.1. The number of carbonyl (C=O) groups excluding carboxylic acids is 2. The molecule has 12 nitrogen and oxygen atoms in total. The number of aromatic nitrogens is 1. The van der Waals surface area contributed by atoms with Gasteiger partial charge in [-0.25, -0.2) is 9.79 Å². The number of fused-ring (bicyclic) bond motifs is 2. The standard InChI is InChI=1S/C28H23N3O7S.C2H4O2/c1-4-13-38-27(36)21-15(2)29-28-31(23(21)16-9-11-17(37-3)12-10-16)26(35)24(39-28)22-18-7-5-6-8-19(18)30(25(22)34)14-20(32)33;1-2(3)4/h4-12,23H,1,13-14H2,2-3H3,(H,32,33);1H3,(H,3,4). The molecule has 0 spiro atoms. The molecule has 0 saturated heterocycles. The fourth-order valence-corrected chi connectivity index (χ4v) is 5.88. The largest absolute Gasteiger partial charge is 0.497 e. The van der Waals surface area contributed by atoms with Gasteiger partial charge in [0.05, 0.1) is 35.7 Å². The molecule has 1 aromatic heterocycles. The van der Waals surface area contributed by atoms with E-state index >= 15 is 0 Å². The molecule has 43 heavy (non-hydrogen) atoms. The maximum Gasteiger partial charge on any atom is 0.338 e. The smallest absolute Gasteiger partial charge is 0.338 e. The number of nitrogens with zero attached hydrogens (tertiary/aromatic N) is 3. The van der Waals surface area contributed by atoms with Crippen LogP contribution in [-0.2, 0) is 23.9 Å². The zero-order valence-electron chi connectivity index (χ0n) is 23.4. The van der Waals surface area contributed by atoms with Crippen LogP contribution in [0.4, 0.5) is 5.69 Å². The van der Waals surface area contributed by atoms with Gasteiger partial charge in [0.1, 0.15) is 23.4 Å².